The monoisotopic (exact) mass is 210 g/mol. The summed E-state index contributed by atoms with van der Waals surface area (Å²) >= 11 is 4.96. The van der Waals surface area contributed by atoms with Crippen molar-refractivity contribution in [2.24, 2.45) is 0 Å². The SMILES string of the molecule is COc1nc2ccc(F)cc2[nH]c1=S. The van der Waals surface area contributed by atoms with Crippen molar-refractivity contribution in [3.8, 4) is 5.88 Å². The van der Waals surface area contributed by atoms with Crippen molar-refractivity contribution < 1.29 is 9.13 Å². The normalized spacial score (nSPS) is 10.4. The van der Waals surface area contributed by atoms with Crippen LogP contribution in [-0.2, 0) is 0 Å². The number of hydrogen-bond acceptors (Lipinski definition) is 3. The van der Waals surface area contributed by atoms with E-state index >= 15 is 0 Å². The van der Waals surface area contributed by atoms with E-state index in [1.54, 1.807) is 6.07 Å². The molecule has 0 amide bonds. The highest BCUT2D eigenvalue weighted by molar-refractivity contribution is 7.71. The minimum absolute atomic E-state index is 0.324. The molecule has 1 N–H and O–H groups in total. The van der Waals surface area contributed by atoms with E-state index in [-0.39, 0.29) is 5.82 Å². The van der Waals surface area contributed by atoms with Gasteiger partial charge in [-0.3, -0.25) is 0 Å². The Labute approximate surface area is 84.6 Å². The summed E-state index contributed by atoms with van der Waals surface area (Å²) in [7, 11) is 1.49. The number of benzene rings is 1. The van der Waals surface area contributed by atoms with Gasteiger partial charge in [0.25, 0.3) is 0 Å². The lowest BCUT2D eigenvalue weighted by Crippen LogP contribution is -1.92. The number of fused-ring (bicyclic) bond motifs is 1. The van der Waals surface area contributed by atoms with Gasteiger partial charge in [-0.15, -0.1) is 0 Å². The highest BCUT2D eigenvalue weighted by atomic mass is 32.1. The van der Waals surface area contributed by atoms with Crippen molar-refractivity contribution in [2.75, 3.05) is 7.11 Å². The van der Waals surface area contributed by atoms with E-state index in [1.165, 1.54) is 19.2 Å². The highest BCUT2D eigenvalue weighted by Crippen LogP contribution is 2.15. The van der Waals surface area contributed by atoms with Crippen LogP contribution in [-0.4, -0.2) is 17.1 Å². The molecule has 72 valence electrons. The molecule has 0 fully saturated rings. The standard InChI is InChI=1S/C9H7FN2OS/c1-13-8-9(14)12-7-4-5(10)2-3-6(7)11-8/h2-4H,1H3,(H,12,14). The van der Waals surface area contributed by atoms with Crippen LogP contribution in [0.4, 0.5) is 4.39 Å². The molecular formula is C9H7FN2OS. The van der Waals surface area contributed by atoms with E-state index in [0.717, 1.165) is 0 Å². The average Bonchev–Trinajstić information content (AvgIpc) is 2.16. The van der Waals surface area contributed by atoms with Crippen LogP contribution in [0.25, 0.3) is 11.0 Å². The highest BCUT2D eigenvalue weighted by Gasteiger charge is 2.02. The van der Waals surface area contributed by atoms with Crippen molar-refractivity contribution in [1.29, 1.82) is 0 Å². The molecule has 1 heterocycles. The predicted molar refractivity (Wildman–Crippen MR) is 53.4 cm³/mol. The first-order valence-corrected chi connectivity index (χ1v) is 4.35. The first kappa shape index (κ1) is 9.08. The summed E-state index contributed by atoms with van der Waals surface area (Å²) in [5.41, 5.74) is 1.19. The Bertz CT molecular complexity index is 538. The number of nitrogens with one attached hydrogen (secondary N) is 1. The summed E-state index contributed by atoms with van der Waals surface area (Å²) in [5, 5.41) is 0. The molecule has 5 heteroatoms. The molecule has 2 aromatic rings. The van der Waals surface area contributed by atoms with Crippen LogP contribution < -0.4 is 4.74 Å². The van der Waals surface area contributed by atoms with Gasteiger partial charge >= 0.3 is 0 Å². The molecule has 2 rings (SSSR count). The minimum Gasteiger partial charge on any atom is -0.479 e. The molecule has 0 atom stereocenters. The van der Waals surface area contributed by atoms with Gasteiger partial charge in [0.1, 0.15) is 5.82 Å². The van der Waals surface area contributed by atoms with Crippen LogP contribution in [0.5, 0.6) is 5.88 Å². The number of methoxy groups -OCH3 is 1. The van der Waals surface area contributed by atoms with E-state index in [4.69, 9.17) is 17.0 Å². The lowest BCUT2D eigenvalue weighted by Gasteiger charge is -2.01. The van der Waals surface area contributed by atoms with Crippen molar-refractivity contribution in [1.82, 2.24) is 9.97 Å². The number of aromatic nitrogens is 2. The van der Waals surface area contributed by atoms with Crippen molar-refractivity contribution in [2.45, 2.75) is 0 Å². The van der Waals surface area contributed by atoms with Gasteiger partial charge in [0.05, 0.1) is 18.1 Å². The van der Waals surface area contributed by atoms with Crippen molar-refractivity contribution in [3.05, 3.63) is 28.7 Å². The van der Waals surface area contributed by atoms with Crippen LogP contribution in [0.3, 0.4) is 0 Å². The number of hydrogen-bond donors (Lipinski definition) is 1. The zero-order valence-electron chi connectivity index (χ0n) is 7.37. The van der Waals surface area contributed by atoms with Gasteiger partial charge in [0.15, 0.2) is 4.64 Å². The fourth-order valence-corrected chi connectivity index (χ4v) is 1.42. The van der Waals surface area contributed by atoms with Crippen LogP contribution in [0, 0.1) is 10.5 Å². The fourth-order valence-electron chi connectivity index (χ4n) is 1.18. The molecule has 0 aliphatic rings. The zero-order chi connectivity index (χ0) is 10.1. The molecule has 0 bridgehead atoms. The van der Waals surface area contributed by atoms with Crippen LogP contribution >= 0.6 is 12.2 Å². The lowest BCUT2D eigenvalue weighted by molar-refractivity contribution is 0.396. The summed E-state index contributed by atoms with van der Waals surface area (Å²) in [4.78, 5) is 6.95. The molecule has 1 aromatic carbocycles. The molecule has 1 aromatic heterocycles. The first-order valence-electron chi connectivity index (χ1n) is 3.94. The number of H-pyrrole nitrogens is 1. The van der Waals surface area contributed by atoms with Gasteiger partial charge in [-0.05, 0) is 18.2 Å². The number of halogens is 1. The Hall–Kier alpha value is -1.49. The second kappa shape index (κ2) is 3.34. The molecule has 0 spiro atoms. The molecule has 0 saturated heterocycles. The first-order chi connectivity index (χ1) is 6.70. The number of ether oxygens (including phenoxy) is 1. The van der Waals surface area contributed by atoms with E-state index in [0.29, 0.717) is 21.6 Å². The second-order valence-electron chi connectivity index (χ2n) is 2.74. The van der Waals surface area contributed by atoms with Crippen molar-refractivity contribution in [3.63, 3.8) is 0 Å². The van der Waals surface area contributed by atoms with Gasteiger partial charge in [-0.1, -0.05) is 12.2 Å². The van der Waals surface area contributed by atoms with Gasteiger partial charge in [-0.25, -0.2) is 9.37 Å². The van der Waals surface area contributed by atoms with Gasteiger partial charge < -0.3 is 9.72 Å². The van der Waals surface area contributed by atoms with E-state index in [2.05, 4.69) is 9.97 Å². The Morgan fingerprint density at radius 1 is 1.50 bits per heavy atom. The van der Waals surface area contributed by atoms with Crippen LogP contribution in [0.15, 0.2) is 18.2 Å². The molecule has 0 unspecified atom stereocenters. The Balaban J connectivity index is 2.79. The molecule has 0 saturated carbocycles. The number of nitrogens with zero attached hydrogens (tertiary/aromatic N) is 1. The second-order valence-corrected chi connectivity index (χ2v) is 3.14. The largest absolute Gasteiger partial charge is 0.479 e. The maximum atomic E-state index is 12.8. The molecule has 14 heavy (non-hydrogen) atoms. The third kappa shape index (κ3) is 1.46. The van der Waals surface area contributed by atoms with Gasteiger partial charge in [0.2, 0.25) is 5.88 Å². The number of rotatable bonds is 1. The smallest absolute Gasteiger partial charge is 0.249 e. The summed E-state index contributed by atoms with van der Waals surface area (Å²) in [6, 6.07) is 4.25. The van der Waals surface area contributed by atoms with Crippen molar-refractivity contribution >= 4 is 23.3 Å². The maximum absolute atomic E-state index is 12.8. The molecule has 0 aliphatic heterocycles. The topological polar surface area (TPSA) is 37.9 Å². The molecular weight excluding hydrogens is 203 g/mol. The summed E-state index contributed by atoms with van der Waals surface area (Å²) in [6.07, 6.45) is 0. The van der Waals surface area contributed by atoms with E-state index in [9.17, 15) is 4.39 Å². The van der Waals surface area contributed by atoms with Crippen LogP contribution in [0.2, 0.25) is 0 Å². The maximum Gasteiger partial charge on any atom is 0.249 e. The predicted octanol–water partition coefficient (Wildman–Crippen LogP) is 2.44. The van der Waals surface area contributed by atoms with Gasteiger partial charge in [0, 0.05) is 0 Å². The fraction of sp³-hybridized carbons (Fsp3) is 0.111. The molecule has 0 radical (unpaired) electrons. The quantitative estimate of drug-likeness (QED) is 0.734. The average molecular weight is 210 g/mol. The molecule has 3 nitrogen and oxygen atoms in total. The summed E-state index contributed by atoms with van der Waals surface area (Å²) in [6.45, 7) is 0. The lowest BCUT2D eigenvalue weighted by atomic mass is 10.3. The van der Waals surface area contributed by atoms with Crippen LogP contribution in [0.1, 0.15) is 0 Å². The third-order valence-corrected chi connectivity index (χ3v) is 2.09. The Morgan fingerprint density at radius 2 is 2.29 bits per heavy atom. The number of aromatic amines is 1. The van der Waals surface area contributed by atoms with E-state index in [1.807, 2.05) is 0 Å². The summed E-state index contributed by atoms with van der Waals surface area (Å²) < 4.78 is 18.1. The van der Waals surface area contributed by atoms with E-state index < -0.39 is 0 Å². The third-order valence-electron chi connectivity index (χ3n) is 1.82. The van der Waals surface area contributed by atoms with Gasteiger partial charge in [-0.2, -0.15) is 0 Å². The Morgan fingerprint density at radius 3 is 3.00 bits per heavy atom. The zero-order valence-corrected chi connectivity index (χ0v) is 8.19. The minimum atomic E-state index is -0.324. The summed E-state index contributed by atoms with van der Waals surface area (Å²) in [5.74, 6) is 0.0224. The molecule has 0 aliphatic carbocycles. The Kier molecular flexibility index (Phi) is 2.17.